The van der Waals surface area contributed by atoms with Crippen LogP contribution in [0.2, 0.25) is 0 Å². The summed E-state index contributed by atoms with van der Waals surface area (Å²) in [6, 6.07) is 4.72. The van der Waals surface area contributed by atoms with Gasteiger partial charge in [0.15, 0.2) is 5.72 Å². The number of nitrogens with zero attached hydrogens (tertiary/aromatic N) is 1. The van der Waals surface area contributed by atoms with Crippen LogP contribution < -0.4 is 10.1 Å². The first-order valence-electron chi connectivity index (χ1n) is 5.56. The Labute approximate surface area is 99.0 Å². The molecule has 1 fully saturated rings. The van der Waals surface area contributed by atoms with Gasteiger partial charge in [-0.1, -0.05) is 0 Å². The topological polar surface area (TPSA) is 61.8 Å². The number of benzene rings is 1. The average Bonchev–Trinajstić information content (AvgIpc) is 2.27. The molecule has 0 radical (unpaired) electrons. The Kier molecular flexibility index (Phi) is 1.85. The Hall–Kier alpha value is -1.91. The maximum atomic E-state index is 11.8. The predicted molar refractivity (Wildman–Crippen MR) is 60.8 cm³/mol. The number of fused-ring (bicyclic) bond motifs is 4. The summed E-state index contributed by atoms with van der Waals surface area (Å²) in [5.41, 5.74) is 0.223. The first-order valence-corrected chi connectivity index (χ1v) is 5.56. The van der Waals surface area contributed by atoms with Gasteiger partial charge < -0.3 is 15.2 Å². The van der Waals surface area contributed by atoms with Crippen molar-refractivity contribution in [2.45, 2.75) is 25.1 Å². The monoisotopic (exact) mass is 234 g/mol. The van der Waals surface area contributed by atoms with Crippen molar-refractivity contribution in [3.05, 3.63) is 23.8 Å². The Bertz CT molecular complexity index is 503. The SMILES string of the molecule is CN1C(=O)NC2CC1(C)Oc1ccc(O)cc12. The van der Waals surface area contributed by atoms with E-state index in [-0.39, 0.29) is 17.8 Å². The van der Waals surface area contributed by atoms with Crippen LogP contribution in [0.5, 0.6) is 11.5 Å². The molecule has 2 aliphatic heterocycles. The normalized spacial score (nSPS) is 30.4. The lowest BCUT2D eigenvalue weighted by molar-refractivity contribution is -0.0719. The number of hydrogen-bond donors (Lipinski definition) is 2. The highest BCUT2D eigenvalue weighted by Crippen LogP contribution is 2.44. The van der Waals surface area contributed by atoms with Gasteiger partial charge in [0, 0.05) is 19.0 Å². The van der Waals surface area contributed by atoms with Crippen LogP contribution in [0.15, 0.2) is 18.2 Å². The van der Waals surface area contributed by atoms with Gasteiger partial charge in [-0.15, -0.1) is 0 Å². The molecule has 0 saturated carbocycles. The number of aromatic hydroxyl groups is 1. The summed E-state index contributed by atoms with van der Waals surface area (Å²) in [7, 11) is 1.72. The van der Waals surface area contributed by atoms with E-state index in [1.165, 1.54) is 0 Å². The van der Waals surface area contributed by atoms with Gasteiger partial charge in [0.1, 0.15) is 11.5 Å². The van der Waals surface area contributed by atoms with Crippen molar-refractivity contribution in [2.75, 3.05) is 7.05 Å². The molecule has 0 aromatic heterocycles. The zero-order valence-electron chi connectivity index (χ0n) is 9.73. The smallest absolute Gasteiger partial charge is 0.320 e. The summed E-state index contributed by atoms with van der Waals surface area (Å²) in [4.78, 5) is 13.3. The van der Waals surface area contributed by atoms with Crippen LogP contribution in [-0.2, 0) is 0 Å². The Morgan fingerprint density at radius 3 is 3.12 bits per heavy atom. The van der Waals surface area contributed by atoms with Crippen molar-refractivity contribution in [3.8, 4) is 11.5 Å². The third-order valence-electron chi connectivity index (χ3n) is 3.59. The van der Waals surface area contributed by atoms with Gasteiger partial charge in [0.05, 0.1) is 6.04 Å². The minimum atomic E-state index is -0.614. The summed E-state index contributed by atoms with van der Waals surface area (Å²) in [6.07, 6.45) is 0.672. The Morgan fingerprint density at radius 1 is 1.59 bits per heavy atom. The number of urea groups is 1. The highest BCUT2D eigenvalue weighted by molar-refractivity contribution is 5.77. The second kappa shape index (κ2) is 3.06. The maximum absolute atomic E-state index is 11.8. The molecule has 1 aromatic rings. The molecule has 2 N–H and O–H groups in total. The van der Waals surface area contributed by atoms with Crippen LogP contribution in [0, 0.1) is 0 Å². The van der Waals surface area contributed by atoms with E-state index in [9.17, 15) is 9.90 Å². The van der Waals surface area contributed by atoms with Crippen molar-refractivity contribution in [2.24, 2.45) is 0 Å². The fraction of sp³-hybridized carbons (Fsp3) is 0.417. The molecule has 2 atom stereocenters. The number of ether oxygens (including phenoxy) is 1. The molecule has 2 aliphatic rings. The number of hydrogen-bond acceptors (Lipinski definition) is 3. The minimum absolute atomic E-state index is 0.0976. The molecule has 0 spiro atoms. The van der Waals surface area contributed by atoms with Crippen LogP contribution in [0.3, 0.4) is 0 Å². The average molecular weight is 234 g/mol. The van der Waals surface area contributed by atoms with Crippen LogP contribution >= 0.6 is 0 Å². The quantitative estimate of drug-likeness (QED) is 0.716. The standard InChI is InChI=1S/C12H14N2O3/c1-12-6-9(13-11(16)14(12)2)8-5-7(15)3-4-10(8)17-12/h3-5,9,15H,6H2,1-2H3,(H,13,16). The van der Waals surface area contributed by atoms with Crippen LogP contribution in [0.25, 0.3) is 0 Å². The molecule has 90 valence electrons. The van der Waals surface area contributed by atoms with Crippen LogP contribution in [0.4, 0.5) is 4.79 Å². The van der Waals surface area contributed by atoms with Gasteiger partial charge in [-0.05, 0) is 25.1 Å². The van der Waals surface area contributed by atoms with Crippen molar-refractivity contribution in [1.29, 1.82) is 0 Å². The van der Waals surface area contributed by atoms with Gasteiger partial charge >= 0.3 is 6.03 Å². The van der Waals surface area contributed by atoms with E-state index in [4.69, 9.17) is 4.74 Å². The van der Waals surface area contributed by atoms with Crippen molar-refractivity contribution in [3.63, 3.8) is 0 Å². The number of nitrogens with one attached hydrogen (secondary N) is 1. The maximum Gasteiger partial charge on any atom is 0.320 e. The van der Waals surface area contributed by atoms with E-state index < -0.39 is 5.72 Å². The van der Waals surface area contributed by atoms with E-state index in [1.807, 2.05) is 6.92 Å². The van der Waals surface area contributed by atoms with Crippen molar-refractivity contribution < 1.29 is 14.6 Å². The van der Waals surface area contributed by atoms with E-state index in [1.54, 1.807) is 30.1 Å². The van der Waals surface area contributed by atoms with E-state index >= 15 is 0 Å². The summed E-state index contributed by atoms with van der Waals surface area (Å²) in [5, 5.41) is 12.4. The molecular formula is C12H14N2O3. The number of phenols is 1. The zero-order chi connectivity index (χ0) is 12.2. The molecule has 2 heterocycles. The lowest BCUT2D eigenvalue weighted by Crippen LogP contribution is -2.63. The molecular weight excluding hydrogens is 220 g/mol. The van der Waals surface area contributed by atoms with Gasteiger partial charge in [-0.3, -0.25) is 4.90 Å². The largest absolute Gasteiger partial charge is 0.508 e. The Morgan fingerprint density at radius 2 is 2.35 bits per heavy atom. The Balaban J connectivity index is 2.11. The molecule has 1 aromatic carbocycles. The van der Waals surface area contributed by atoms with E-state index in [0.29, 0.717) is 12.2 Å². The molecule has 2 unspecified atom stereocenters. The third-order valence-corrected chi connectivity index (χ3v) is 3.59. The molecule has 2 bridgehead atoms. The fourth-order valence-electron chi connectivity index (χ4n) is 2.46. The predicted octanol–water partition coefficient (Wildman–Crippen LogP) is 1.59. The highest BCUT2D eigenvalue weighted by Gasteiger charge is 2.47. The van der Waals surface area contributed by atoms with Gasteiger partial charge in [0.2, 0.25) is 0 Å². The van der Waals surface area contributed by atoms with Crippen molar-refractivity contribution in [1.82, 2.24) is 10.2 Å². The number of carbonyl (C=O) groups excluding carboxylic acids is 1. The van der Waals surface area contributed by atoms with Gasteiger partial charge in [-0.25, -0.2) is 4.79 Å². The van der Waals surface area contributed by atoms with Gasteiger partial charge in [-0.2, -0.15) is 0 Å². The summed E-state index contributed by atoms with van der Waals surface area (Å²) in [6.45, 7) is 1.90. The summed E-state index contributed by atoms with van der Waals surface area (Å²) in [5.74, 6) is 0.900. The third kappa shape index (κ3) is 1.35. The van der Waals surface area contributed by atoms with Crippen LogP contribution in [0.1, 0.15) is 24.9 Å². The first kappa shape index (κ1) is 10.3. The van der Waals surface area contributed by atoms with Gasteiger partial charge in [0.25, 0.3) is 0 Å². The number of amides is 2. The van der Waals surface area contributed by atoms with Crippen LogP contribution in [-0.4, -0.2) is 28.8 Å². The summed E-state index contributed by atoms with van der Waals surface area (Å²) < 4.78 is 5.88. The van der Waals surface area contributed by atoms with E-state index in [0.717, 1.165) is 5.56 Å². The van der Waals surface area contributed by atoms with Crippen molar-refractivity contribution >= 4 is 6.03 Å². The summed E-state index contributed by atoms with van der Waals surface area (Å²) >= 11 is 0. The minimum Gasteiger partial charge on any atom is -0.508 e. The number of carbonyl (C=O) groups is 1. The molecule has 3 rings (SSSR count). The molecule has 5 heteroatoms. The lowest BCUT2D eigenvalue weighted by atomic mass is 9.91. The zero-order valence-corrected chi connectivity index (χ0v) is 9.73. The molecule has 1 saturated heterocycles. The second-order valence-corrected chi connectivity index (χ2v) is 4.76. The number of rotatable bonds is 0. The molecule has 0 aliphatic carbocycles. The molecule has 5 nitrogen and oxygen atoms in total. The lowest BCUT2D eigenvalue weighted by Gasteiger charge is -2.49. The van der Waals surface area contributed by atoms with E-state index in [2.05, 4.69) is 5.32 Å². The number of phenolic OH excluding ortho intramolecular Hbond substituents is 1. The first-order chi connectivity index (χ1) is 7.99. The molecule has 17 heavy (non-hydrogen) atoms. The fourth-order valence-corrected chi connectivity index (χ4v) is 2.46. The second-order valence-electron chi connectivity index (χ2n) is 4.76. The molecule has 2 amide bonds. The highest BCUT2D eigenvalue weighted by atomic mass is 16.5.